The van der Waals surface area contributed by atoms with Crippen LogP contribution in [0, 0.1) is 6.92 Å². The summed E-state index contributed by atoms with van der Waals surface area (Å²) in [6.07, 6.45) is 10.1. The Morgan fingerprint density at radius 1 is 1.15 bits per heavy atom. The SMILES string of the molecule is C=C1C=C(CCC)c2c(C)cc(CC)c(C(=C)c3ccncc3)c2C1.CC. The lowest BCUT2D eigenvalue weighted by molar-refractivity contribution is 0.954. The summed E-state index contributed by atoms with van der Waals surface area (Å²) in [6, 6.07) is 6.46. The van der Waals surface area contributed by atoms with Crippen molar-refractivity contribution in [2.45, 2.75) is 60.3 Å². The van der Waals surface area contributed by atoms with Crippen LogP contribution in [-0.4, -0.2) is 4.98 Å². The maximum atomic E-state index is 4.46. The fourth-order valence-corrected chi connectivity index (χ4v) is 4.00. The number of hydrogen-bond donors (Lipinski definition) is 0. The van der Waals surface area contributed by atoms with Gasteiger partial charge in [0.2, 0.25) is 0 Å². The van der Waals surface area contributed by atoms with Crippen LogP contribution >= 0.6 is 0 Å². The Kier molecular flexibility index (Phi) is 7.36. The van der Waals surface area contributed by atoms with Crippen LogP contribution in [0.4, 0.5) is 0 Å². The van der Waals surface area contributed by atoms with Crippen molar-refractivity contribution in [1.29, 1.82) is 0 Å². The van der Waals surface area contributed by atoms with E-state index in [0.717, 1.165) is 36.8 Å². The predicted molar refractivity (Wildman–Crippen MR) is 120 cm³/mol. The third-order valence-electron chi connectivity index (χ3n) is 5.04. The number of hydrogen-bond acceptors (Lipinski definition) is 1. The molecule has 0 saturated carbocycles. The lowest BCUT2D eigenvalue weighted by atomic mass is 9.77. The molecule has 0 bridgehead atoms. The minimum Gasteiger partial charge on any atom is -0.265 e. The van der Waals surface area contributed by atoms with Gasteiger partial charge >= 0.3 is 0 Å². The van der Waals surface area contributed by atoms with Gasteiger partial charge in [-0.1, -0.05) is 65.0 Å². The maximum absolute atomic E-state index is 4.46. The third kappa shape index (κ3) is 4.30. The molecule has 0 N–H and O–H groups in total. The van der Waals surface area contributed by atoms with E-state index in [1.807, 2.05) is 26.2 Å². The number of aromatic nitrogens is 1. The van der Waals surface area contributed by atoms with Gasteiger partial charge < -0.3 is 0 Å². The first kappa shape index (κ1) is 20.9. The van der Waals surface area contributed by atoms with Gasteiger partial charge in [-0.05, 0) is 82.8 Å². The van der Waals surface area contributed by atoms with Gasteiger partial charge in [0.1, 0.15) is 0 Å². The summed E-state index contributed by atoms with van der Waals surface area (Å²) in [5.41, 5.74) is 11.8. The molecule has 1 aliphatic carbocycles. The van der Waals surface area contributed by atoms with E-state index in [9.17, 15) is 0 Å². The number of allylic oxidation sites excluding steroid dienone is 3. The zero-order valence-corrected chi connectivity index (χ0v) is 17.7. The maximum Gasteiger partial charge on any atom is 0.0273 e. The normalized spacial score (nSPS) is 12.6. The summed E-state index contributed by atoms with van der Waals surface area (Å²) in [7, 11) is 0. The van der Waals surface area contributed by atoms with E-state index < -0.39 is 0 Å². The fourth-order valence-electron chi connectivity index (χ4n) is 4.00. The molecule has 0 saturated heterocycles. The molecule has 0 spiro atoms. The first-order valence-corrected chi connectivity index (χ1v) is 10.2. The van der Waals surface area contributed by atoms with Crippen molar-refractivity contribution in [2.75, 3.05) is 0 Å². The quantitative estimate of drug-likeness (QED) is 0.544. The molecule has 1 aliphatic rings. The molecule has 1 aromatic carbocycles. The fraction of sp³-hybridized carbons (Fsp3) is 0.346. The molecule has 1 aromatic heterocycles. The van der Waals surface area contributed by atoms with Crippen molar-refractivity contribution in [3.63, 3.8) is 0 Å². The standard InChI is InChI=1S/C24H27N.C2H6/c1-6-8-21-13-16(3)14-22-23(21)17(4)15-19(7-2)24(22)18(5)20-9-11-25-12-10-20;1-2/h9-13,15H,3,5-8,14H2,1-2,4H3;1-2H3. The predicted octanol–water partition coefficient (Wildman–Crippen LogP) is 7.34. The Labute approximate surface area is 165 Å². The second kappa shape index (κ2) is 9.50. The van der Waals surface area contributed by atoms with Gasteiger partial charge in [0, 0.05) is 12.4 Å². The number of nitrogens with zero attached hydrogens (tertiary/aromatic N) is 1. The second-order valence-corrected chi connectivity index (χ2v) is 6.90. The van der Waals surface area contributed by atoms with Crippen molar-refractivity contribution < 1.29 is 0 Å². The number of aryl methyl sites for hydroxylation is 2. The first-order chi connectivity index (χ1) is 13.1. The summed E-state index contributed by atoms with van der Waals surface area (Å²) in [4.78, 5) is 4.15. The lowest BCUT2D eigenvalue weighted by Gasteiger charge is -2.27. The highest BCUT2D eigenvalue weighted by molar-refractivity contribution is 5.87. The van der Waals surface area contributed by atoms with Gasteiger partial charge in [0.05, 0.1) is 0 Å². The summed E-state index contributed by atoms with van der Waals surface area (Å²) in [5, 5.41) is 0. The Bertz CT molecular complexity index is 854. The second-order valence-electron chi connectivity index (χ2n) is 6.90. The molecule has 27 heavy (non-hydrogen) atoms. The summed E-state index contributed by atoms with van der Waals surface area (Å²) >= 11 is 0. The molecule has 0 radical (unpaired) electrons. The molecule has 1 heteroatoms. The van der Waals surface area contributed by atoms with E-state index in [2.05, 4.69) is 63.2 Å². The molecular weight excluding hydrogens is 326 g/mol. The van der Waals surface area contributed by atoms with Crippen molar-refractivity contribution in [2.24, 2.45) is 0 Å². The van der Waals surface area contributed by atoms with Gasteiger partial charge in [0.25, 0.3) is 0 Å². The molecule has 0 aliphatic heterocycles. The lowest BCUT2D eigenvalue weighted by Crippen LogP contribution is -2.11. The largest absolute Gasteiger partial charge is 0.265 e. The first-order valence-electron chi connectivity index (χ1n) is 10.2. The van der Waals surface area contributed by atoms with Crippen molar-refractivity contribution >= 4 is 11.1 Å². The molecule has 0 amide bonds. The molecule has 0 atom stereocenters. The number of fused-ring (bicyclic) bond motifs is 1. The monoisotopic (exact) mass is 359 g/mol. The zero-order chi connectivity index (χ0) is 20.0. The van der Waals surface area contributed by atoms with E-state index in [0.29, 0.717) is 0 Å². The van der Waals surface area contributed by atoms with Gasteiger partial charge in [-0.25, -0.2) is 0 Å². The van der Waals surface area contributed by atoms with Crippen LogP contribution in [0.25, 0.3) is 11.1 Å². The van der Waals surface area contributed by atoms with Crippen LogP contribution in [0.3, 0.4) is 0 Å². The molecule has 0 fully saturated rings. The molecule has 3 rings (SSSR count). The average molecular weight is 360 g/mol. The number of pyridine rings is 1. The molecular formula is C26H33N. The molecule has 1 nitrogen and oxygen atoms in total. The third-order valence-corrected chi connectivity index (χ3v) is 5.04. The van der Waals surface area contributed by atoms with Gasteiger partial charge in [-0.3, -0.25) is 4.98 Å². The van der Waals surface area contributed by atoms with Crippen LogP contribution in [0.5, 0.6) is 0 Å². The average Bonchev–Trinajstić information content (AvgIpc) is 2.69. The molecule has 0 unspecified atom stereocenters. The topological polar surface area (TPSA) is 12.9 Å². The Balaban J connectivity index is 0.00000126. The van der Waals surface area contributed by atoms with E-state index in [1.54, 1.807) is 0 Å². The van der Waals surface area contributed by atoms with E-state index >= 15 is 0 Å². The van der Waals surface area contributed by atoms with Crippen LogP contribution in [0.1, 0.15) is 73.9 Å². The summed E-state index contributed by atoms with van der Waals surface area (Å²) in [5.74, 6) is 0. The highest BCUT2D eigenvalue weighted by Gasteiger charge is 2.23. The Hall–Kier alpha value is -2.41. The summed E-state index contributed by atoms with van der Waals surface area (Å²) < 4.78 is 0. The van der Waals surface area contributed by atoms with Gasteiger partial charge in [0.15, 0.2) is 0 Å². The van der Waals surface area contributed by atoms with Crippen LogP contribution in [-0.2, 0) is 12.8 Å². The molecule has 2 aromatic rings. The minimum atomic E-state index is 0.913. The minimum absolute atomic E-state index is 0.913. The number of rotatable bonds is 5. The Morgan fingerprint density at radius 2 is 1.81 bits per heavy atom. The van der Waals surface area contributed by atoms with Gasteiger partial charge in [-0.2, -0.15) is 0 Å². The van der Waals surface area contributed by atoms with Crippen molar-refractivity contribution in [3.05, 3.63) is 88.8 Å². The molecule has 1 heterocycles. The van der Waals surface area contributed by atoms with Gasteiger partial charge in [-0.15, -0.1) is 0 Å². The number of benzene rings is 1. The van der Waals surface area contributed by atoms with Crippen LogP contribution in [0.15, 0.2) is 55.4 Å². The molecule has 142 valence electrons. The highest BCUT2D eigenvalue weighted by atomic mass is 14.6. The summed E-state index contributed by atoms with van der Waals surface area (Å²) in [6.45, 7) is 19.5. The van der Waals surface area contributed by atoms with Crippen LogP contribution < -0.4 is 0 Å². The zero-order valence-electron chi connectivity index (χ0n) is 17.7. The van der Waals surface area contributed by atoms with E-state index in [-0.39, 0.29) is 0 Å². The van der Waals surface area contributed by atoms with Crippen LogP contribution in [0.2, 0.25) is 0 Å². The van der Waals surface area contributed by atoms with E-state index in [1.165, 1.54) is 39.0 Å². The van der Waals surface area contributed by atoms with Crippen molar-refractivity contribution in [3.8, 4) is 0 Å². The highest BCUT2D eigenvalue weighted by Crippen LogP contribution is 2.40. The van der Waals surface area contributed by atoms with Crippen molar-refractivity contribution in [1.82, 2.24) is 4.98 Å². The Morgan fingerprint density at radius 3 is 2.41 bits per heavy atom. The smallest absolute Gasteiger partial charge is 0.0273 e. The van der Waals surface area contributed by atoms with E-state index in [4.69, 9.17) is 0 Å².